The van der Waals surface area contributed by atoms with E-state index >= 15 is 0 Å². The zero-order valence-corrected chi connectivity index (χ0v) is 12.7. The van der Waals surface area contributed by atoms with Crippen molar-refractivity contribution in [1.82, 2.24) is 4.90 Å². The Hall–Kier alpha value is -0.243. The molecule has 0 N–H and O–H groups in total. The van der Waals surface area contributed by atoms with Gasteiger partial charge in [0.1, 0.15) is 0 Å². The van der Waals surface area contributed by atoms with E-state index in [1.54, 1.807) is 10.9 Å². The van der Waals surface area contributed by atoms with Crippen molar-refractivity contribution in [3.8, 4) is 0 Å². The van der Waals surface area contributed by atoms with Gasteiger partial charge >= 0.3 is 0 Å². The molecule has 0 saturated heterocycles. The first-order chi connectivity index (χ1) is 6.63. The minimum atomic E-state index is 1.21. The van der Waals surface area contributed by atoms with Crippen molar-refractivity contribution in [2.24, 2.45) is 0 Å². The summed E-state index contributed by atoms with van der Waals surface area (Å²) >= 11 is 0. The molecule has 0 amide bonds. The molecule has 0 fully saturated rings. The zero-order chi connectivity index (χ0) is 11.0. The quantitative estimate of drug-likeness (QED) is 0.587. The van der Waals surface area contributed by atoms with Crippen LogP contribution in [0.4, 0.5) is 0 Å². The lowest BCUT2D eigenvalue weighted by Gasteiger charge is -2.26. The Morgan fingerprint density at radius 3 is 1.71 bits per heavy atom. The van der Waals surface area contributed by atoms with Gasteiger partial charge in [0, 0.05) is 29.0 Å². The minimum absolute atomic E-state index is 1.21. The Balaban J connectivity index is 4.16. The number of hydrogen-bond acceptors (Lipinski definition) is 1. The number of rotatable bonds is 7. The highest BCUT2D eigenvalue weighted by Crippen LogP contribution is 2.10. The molecule has 0 heterocycles. The van der Waals surface area contributed by atoms with Gasteiger partial charge in [-0.15, -0.1) is 0 Å². The van der Waals surface area contributed by atoms with Crippen LogP contribution in [0.3, 0.4) is 0 Å². The molecule has 84 valence electrons. The normalized spacial score (nSPS) is 12.9. The standard InChI is InChI=1S/C12H27NSi/c1-5-7-9-13(10-8-6-2)11(3)12(4)14/h5-10H2,1-4,14H3. The molecule has 0 aromatic carbocycles. The van der Waals surface area contributed by atoms with Crippen molar-refractivity contribution >= 4 is 10.2 Å². The molecular weight excluding hydrogens is 186 g/mol. The van der Waals surface area contributed by atoms with Crippen LogP contribution in [0.15, 0.2) is 10.9 Å². The molecular formula is C12H27NSi. The van der Waals surface area contributed by atoms with Crippen molar-refractivity contribution in [3.05, 3.63) is 10.9 Å². The lowest BCUT2D eigenvalue weighted by molar-refractivity contribution is 0.330. The van der Waals surface area contributed by atoms with E-state index in [1.165, 1.54) is 49.0 Å². The summed E-state index contributed by atoms with van der Waals surface area (Å²) in [5.41, 5.74) is 1.54. The Labute approximate surface area is 93.0 Å². The van der Waals surface area contributed by atoms with Gasteiger partial charge in [0.2, 0.25) is 0 Å². The zero-order valence-electron chi connectivity index (χ0n) is 10.7. The summed E-state index contributed by atoms with van der Waals surface area (Å²) in [5.74, 6) is 0. The second-order valence-electron chi connectivity index (χ2n) is 4.28. The van der Waals surface area contributed by atoms with Crippen LogP contribution in [0, 0.1) is 0 Å². The third-order valence-electron chi connectivity index (χ3n) is 2.76. The first kappa shape index (κ1) is 13.8. The van der Waals surface area contributed by atoms with Gasteiger partial charge in [-0.25, -0.2) is 0 Å². The summed E-state index contributed by atoms with van der Waals surface area (Å²) in [7, 11) is 1.21. The molecule has 0 unspecified atom stereocenters. The molecule has 2 heteroatoms. The first-order valence-electron chi connectivity index (χ1n) is 6.02. The van der Waals surface area contributed by atoms with Crippen molar-refractivity contribution in [3.63, 3.8) is 0 Å². The summed E-state index contributed by atoms with van der Waals surface area (Å²) in [5, 5.41) is 1.59. The van der Waals surface area contributed by atoms with E-state index in [0.29, 0.717) is 0 Å². The number of unbranched alkanes of at least 4 members (excludes halogenated alkanes) is 2. The highest BCUT2D eigenvalue weighted by molar-refractivity contribution is 6.21. The molecule has 0 bridgehead atoms. The summed E-state index contributed by atoms with van der Waals surface area (Å²) in [6, 6.07) is 0. The fourth-order valence-electron chi connectivity index (χ4n) is 1.46. The van der Waals surface area contributed by atoms with Gasteiger partial charge in [0.15, 0.2) is 0 Å². The van der Waals surface area contributed by atoms with Gasteiger partial charge in [0.05, 0.1) is 0 Å². The van der Waals surface area contributed by atoms with Gasteiger partial charge in [-0.3, -0.25) is 0 Å². The average Bonchev–Trinajstić information content (AvgIpc) is 2.17. The molecule has 0 radical (unpaired) electrons. The Morgan fingerprint density at radius 2 is 1.43 bits per heavy atom. The lowest BCUT2D eigenvalue weighted by Crippen LogP contribution is -2.25. The maximum atomic E-state index is 2.58. The number of nitrogens with zero attached hydrogens (tertiary/aromatic N) is 1. The van der Waals surface area contributed by atoms with Crippen LogP contribution in [-0.4, -0.2) is 28.2 Å². The molecule has 1 nitrogen and oxygen atoms in total. The van der Waals surface area contributed by atoms with Crippen LogP contribution in [0.2, 0.25) is 0 Å². The first-order valence-corrected chi connectivity index (χ1v) is 7.02. The molecule has 0 saturated carbocycles. The van der Waals surface area contributed by atoms with Gasteiger partial charge in [-0.2, -0.15) is 0 Å². The third-order valence-corrected chi connectivity index (χ3v) is 3.48. The van der Waals surface area contributed by atoms with Gasteiger partial charge < -0.3 is 4.90 Å². The summed E-state index contributed by atoms with van der Waals surface area (Å²) in [4.78, 5) is 2.58. The summed E-state index contributed by atoms with van der Waals surface area (Å²) < 4.78 is 0. The van der Waals surface area contributed by atoms with E-state index in [0.717, 1.165) is 0 Å². The van der Waals surface area contributed by atoms with E-state index in [4.69, 9.17) is 0 Å². The van der Waals surface area contributed by atoms with Gasteiger partial charge in [0.25, 0.3) is 0 Å². The van der Waals surface area contributed by atoms with Crippen LogP contribution in [0.25, 0.3) is 0 Å². The Kier molecular flexibility index (Phi) is 7.96. The molecule has 0 spiro atoms. The maximum Gasteiger partial charge on any atom is 0.0351 e. The predicted octanol–water partition coefficient (Wildman–Crippen LogP) is 2.51. The van der Waals surface area contributed by atoms with E-state index in [-0.39, 0.29) is 0 Å². The van der Waals surface area contributed by atoms with Crippen molar-refractivity contribution in [2.45, 2.75) is 53.4 Å². The van der Waals surface area contributed by atoms with Gasteiger partial charge in [-0.05, 0) is 26.7 Å². The predicted molar refractivity (Wildman–Crippen MR) is 69.7 cm³/mol. The topological polar surface area (TPSA) is 3.24 Å². The van der Waals surface area contributed by atoms with Crippen molar-refractivity contribution < 1.29 is 0 Å². The average molecular weight is 213 g/mol. The molecule has 0 aliphatic rings. The van der Waals surface area contributed by atoms with Crippen LogP contribution in [-0.2, 0) is 0 Å². The molecule has 0 aromatic heterocycles. The van der Waals surface area contributed by atoms with E-state index < -0.39 is 0 Å². The monoisotopic (exact) mass is 213 g/mol. The second kappa shape index (κ2) is 8.10. The molecule has 0 atom stereocenters. The van der Waals surface area contributed by atoms with Gasteiger partial charge in [-0.1, -0.05) is 31.9 Å². The molecule has 0 rings (SSSR count). The molecule has 14 heavy (non-hydrogen) atoms. The van der Waals surface area contributed by atoms with Crippen LogP contribution in [0.1, 0.15) is 53.4 Å². The van der Waals surface area contributed by atoms with Crippen LogP contribution >= 0.6 is 0 Å². The largest absolute Gasteiger partial charge is 0.375 e. The molecule has 0 aliphatic heterocycles. The van der Waals surface area contributed by atoms with Crippen LogP contribution < -0.4 is 0 Å². The summed E-state index contributed by atoms with van der Waals surface area (Å²) in [6.07, 6.45) is 5.26. The maximum absolute atomic E-state index is 2.58. The molecule has 0 aliphatic carbocycles. The fraction of sp³-hybridized carbons (Fsp3) is 0.833. The molecule has 0 aromatic rings. The Bertz CT molecular complexity index is 163. The van der Waals surface area contributed by atoms with E-state index in [2.05, 4.69) is 32.6 Å². The number of allylic oxidation sites excluding steroid dienone is 2. The highest BCUT2D eigenvalue weighted by atomic mass is 28.1. The summed E-state index contributed by atoms with van der Waals surface area (Å²) in [6.45, 7) is 11.6. The fourth-order valence-corrected chi connectivity index (χ4v) is 1.78. The third kappa shape index (κ3) is 5.48. The van der Waals surface area contributed by atoms with E-state index in [9.17, 15) is 0 Å². The lowest BCUT2D eigenvalue weighted by atomic mass is 10.2. The smallest absolute Gasteiger partial charge is 0.0351 e. The van der Waals surface area contributed by atoms with Crippen molar-refractivity contribution in [2.75, 3.05) is 13.1 Å². The SMILES string of the molecule is CCCCN(CCCC)C(C)=C(C)[SiH3]. The van der Waals surface area contributed by atoms with E-state index in [1.807, 2.05) is 0 Å². The number of hydrogen-bond donors (Lipinski definition) is 0. The highest BCUT2D eigenvalue weighted by Gasteiger charge is 2.04. The second-order valence-corrected chi connectivity index (χ2v) is 5.78. The Morgan fingerprint density at radius 1 is 1.00 bits per heavy atom. The van der Waals surface area contributed by atoms with Crippen molar-refractivity contribution in [1.29, 1.82) is 0 Å². The minimum Gasteiger partial charge on any atom is -0.375 e. The van der Waals surface area contributed by atoms with Crippen LogP contribution in [0.5, 0.6) is 0 Å².